The van der Waals surface area contributed by atoms with Gasteiger partial charge in [0.15, 0.2) is 0 Å². The van der Waals surface area contributed by atoms with Crippen molar-refractivity contribution in [2.75, 3.05) is 26.9 Å². The van der Waals surface area contributed by atoms with E-state index in [2.05, 4.69) is 0 Å². The first-order chi connectivity index (χ1) is 7.65. The van der Waals surface area contributed by atoms with Crippen molar-refractivity contribution in [1.82, 2.24) is 4.90 Å². The Hall–Kier alpha value is -0.610. The van der Waals surface area contributed by atoms with E-state index in [4.69, 9.17) is 9.47 Å². The molecule has 0 radical (unpaired) electrons. The van der Waals surface area contributed by atoms with Crippen molar-refractivity contribution in [3.05, 3.63) is 0 Å². The third-order valence-corrected chi connectivity index (χ3v) is 2.92. The number of hydrogen-bond donors (Lipinski definition) is 0. The molecule has 1 saturated heterocycles. The molecule has 1 heterocycles. The van der Waals surface area contributed by atoms with Gasteiger partial charge in [0.1, 0.15) is 0 Å². The van der Waals surface area contributed by atoms with Crippen molar-refractivity contribution in [3.63, 3.8) is 0 Å². The number of methoxy groups -OCH3 is 1. The highest BCUT2D eigenvalue weighted by molar-refractivity contribution is 5.76. The van der Waals surface area contributed by atoms with Crippen LogP contribution in [0.5, 0.6) is 0 Å². The van der Waals surface area contributed by atoms with Crippen molar-refractivity contribution in [2.45, 2.75) is 45.3 Å². The Kier molecular flexibility index (Phi) is 5.77. The van der Waals surface area contributed by atoms with Gasteiger partial charge >= 0.3 is 0 Å². The number of unbranched alkanes of at least 4 members (excludes halogenated alkanes) is 1. The zero-order chi connectivity index (χ0) is 12.0. The van der Waals surface area contributed by atoms with E-state index in [1.165, 1.54) is 0 Å². The van der Waals surface area contributed by atoms with Gasteiger partial charge in [0.05, 0.1) is 18.8 Å². The molecule has 0 unspecified atom stereocenters. The molecular formula is C12H23NO3. The Labute approximate surface area is 97.9 Å². The molecule has 1 amide bonds. The van der Waals surface area contributed by atoms with Gasteiger partial charge in [-0.25, -0.2) is 0 Å². The lowest BCUT2D eigenvalue weighted by Crippen LogP contribution is -2.50. The maximum absolute atomic E-state index is 11.9. The first-order valence-corrected chi connectivity index (χ1v) is 6.05. The average Bonchev–Trinajstić information content (AvgIpc) is 2.27. The van der Waals surface area contributed by atoms with Crippen LogP contribution in [0.2, 0.25) is 0 Å². The minimum absolute atomic E-state index is 0.166. The lowest BCUT2D eigenvalue weighted by molar-refractivity contribution is -0.143. The summed E-state index contributed by atoms with van der Waals surface area (Å²) in [6.07, 6.45) is 2.65. The van der Waals surface area contributed by atoms with Crippen molar-refractivity contribution in [1.29, 1.82) is 0 Å². The van der Waals surface area contributed by atoms with Crippen LogP contribution in [0.15, 0.2) is 0 Å². The molecule has 1 aliphatic rings. The normalized spacial score (nSPS) is 25.8. The lowest BCUT2D eigenvalue weighted by Gasteiger charge is -2.36. The smallest absolute Gasteiger partial charge is 0.222 e. The molecule has 0 aliphatic carbocycles. The maximum atomic E-state index is 11.9. The molecule has 0 aromatic carbocycles. The van der Waals surface area contributed by atoms with Crippen LogP contribution in [0.3, 0.4) is 0 Å². The van der Waals surface area contributed by atoms with Crippen LogP contribution in [0.4, 0.5) is 0 Å². The Morgan fingerprint density at radius 3 is 2.88 bits per heavy atom. The third-order valence-electron chi connectivity index (χ3n) is 2.92. The molecule has 4 nitrogen and oxygen atoms in total. The van der Waals surface area contributed by atoms with E-state index >= 15 is 0 Å². The van der Waals surface area contributed by atoms with Crippen LogP contribution in [-0.4, -0.2) is 49.8 Å². The molecule has 16 heavy (non-hydrogen) atoms. The fourth-order valence-corrected chi connectivity index (χ4v) is 1.92. The molecule has 0 N–H and O–H groups in total. The summed E-state index contributed by atoms with van der Waals surface area (Å²) in [5.41, 5.74) is 0. The molecule has 2 atom stereocenters. The molecule has 94 valence electrons. The number of nitrogens with zero attached hydrogens (tertiary/aromatic N) is 1. The number of carbonyl (C=O) groups is 1. The molecule has 0 aromatic rings. The monoisotopic (exact) mass is 229 g/mol. The molecule has 0 saturated carbocycles. The van der Waals surface area contributed by atoms with Crippen LogP contribution in [0, 0.1) is 0 Å². The third kappa shape index (κ3) is 4.10. The van der Waals surface area contributed by atoms with Crippen molar-refractivity contribution in [3.8, 4) is 0 Å². The van der Waals surface area contributed by atoms with Crippen LogP contribution in [-0.2, 0) is 14.3 Å². The highest BCUT2D eigenvalue weighted by Crippen LogP contribution is 2.13. The number of rotatable bonds is 5. The summed E-state index contributed by atoms with van der Waals surface area (Å²) in [5, 5.41) is 0. The SMILES string of the molecule is COCCCCC(=O)N1C[C@@H](C)OC[C@H]1C. The summed E-state index contributed by atoms with van der Waals surface area (Å²) in [5.74, 6) is 0.249. The Morgan fingerprint density at radius 1 is 1.44 bits per heavy atom. The van der Waals surface area contributed by atoms with Crippen LogP contribution < -0.4 is 0 Å². The minimum atomic E-state index is 0.166. The number of amides is 1. The molecule has 1 aliphatic heterocycles. The summed E-state index contributed by atoms with van der Waals surface area (Å²) in [6, 6.07) is 0.214. The first kappa shape index (κ1) is 13.5. The van der Waals surface area contributed by atoms with Gasteiger partial charge in [-0.05, 0) is 26.7 Å². The van der Waals surface area contributed by atoms with E-state index in [0.717, 1.165) is 26.0 Å². The van der Waals surface area contributed by atoms with Crippen molar-refractivity contribution >= 4 is 5.91 Å². The molecule has 0 aromatic heterocycles. The summed E-state index contributed by atoms with van der Waals surface area (Å²) < 4.78 is 10.5. The zero-order valence-corrected chi connectivity index (χ0v) is 10.6. The van der Waals surface area contributed by atoms with Crippen molar-refractivity contribution in [2.24, 2.45) is 0 Å². The largest absolute Gasteiger partial charge is 0.385 e. The van der Waals surface area contributed by atoms with Gasteiger partial charge in [-0.3, -0.25) is 4.79 Å². The van der Waals surface area contributed by atoms with Crippen molar-refractivity contribution < 1.29 is 14.3 Å². The first-order valence-electron chi connectivity index (χ1n) is 6.05. The van der Waals surface area contributed by atoms with E-state index in [-0.39, 0.29) is 18.1 Å². The predicted octanol–water partition coefficient (Wildman–Crippen LogP) is 1.44. The van der Waals surface area contributed by atoms with Gasteiger partial charge in [0, 0.05) is 26.7 Å². The molecule has 1 rings (SSSR count). The van der Waals surface area contributed by atoms with E-state index in [1.807, 2.05) is 18.7 Å². The fraction of sp³-hybridized carbons (Fsp3) is 0.917. The summed E-state index contributed by atoms with van der Waals surface area (Å²) in [4.78, 5) is 13.9. The average molecular weight is 229 g/mol. The topological polar surface area (TPSA) is 38.8 Å². The van der Waals surface area contributed by atoms with Gasteiger partial charge in [0.2, 0.25) is 5.91 Å². The summed E-state index contributed by atoms with van der Waals surface area (Å²) in [7, 11) is 1.69. The maximum Gasteiger partial charge on any atom is 0.222 e. The molecule has 0 spiro atoms. The lowest BCUT2D eigenvalue weighted by atomic mass is 10.1. The number of ether oxygens (including phenoxy) is 2. The van der Waals surface area contributed by atoms with Crippen LogP contribution >= 0.6 is 0 Å². The van der Waals surface area contributed by atoms with Gasteiger partial charge < -0.3 is 14.4 Å². The fourth-order valence-electron chi connectivity index (χ4n) is 1.92. The second kappa shape index (κ2) is 6.86. The van der Waals surface area contributed by atoms with Gasteiger partial charge in [0.25, 0.3) is 0 Å². The second-order valence-electron chi connectivity index (χ2n) is 4.49. The van der Waals surface area contributed by atoms with Crippen LogP contribution in [0.1, 0.15) is 33.1 Å². The molecule has 4 heteroatoms. The number of carbonyl (C=O) groups excluding carboxylic acids is 1. The van der Waals surface area contributed by atoms with Gasteiger partial charge in [-0.15, -0.1) is 0 Å². The van der Waals surface area contributed by atoms with E-state index in [0.29, 0.717) is 13.0 Å². The minimum Gasteiger partial charge on any atom is -0.385 e. The predicted molar refractivity (Wildman–Crippen MR) is 62.3 cm³/mol. The standard InChI is InChI=1S/C12H23NO3/c1-10-9-16-11(2)8-13(10)12(14)6-4-5-7-15-3/h10-11H,4-9H2,1-3H3/t10-,11-/m1/s1. The van der Waals surface area contributed by atoms with E-state index in [9.17, 15) is 4.79 Å². The Bertz CT molecular complexity index is 220. The van der Waals surface area contributed by atoms with Gasteiger partial charge in [-0.2, -0.15) is 0 Å². The second-order valence-corrected chi connectivity index (χ2v) is 4.49. The summed E-state index contributed by atoms with van der Waals surface area (Å²) in [6.45, 7) is 6.17. The Balaban J connectivity index is 2.28. The zero-order valence-electron chi connectivity index (χ0n) is 10.6. The van der Waals surface area contributed by atoms with Crippen LogP contribution in [0.25, 0.3) is 0 Å². The van der Waals surface area contributed by atoms with E-state index < -0.39 is 0 Å². The molecule has 0 bridgehead atoms. The highest BCUT2D eigenvalue weighted by atomic mass is 16.5. The van der Waals surface area contributed by atoms with E-state index in [1.54, 1.807) is 7.11 Å². The molecular weight excluding hydrogens is 206 g/mol. The van der Waals surface area contributed by atoms with Gasteiger partial charge in [-0.1, -0.05) is 0 Å². The summed E-state index contributed by atoms with van der Waals surface area (Å²) >= 11 is 0. The highest BCUT2D eigenvalue weighted by Gasteiger charge is 2.26. The Morgan fingerprint density at radius 2 is 2.19 bits per heavy atom. The molecule has 1 fully saturated rings. The number of hydrogen-bond acceptors (Lipinski definition) is 3. The quantitative estimate of drug-likeness (QED) is 0.670. The number of morpholine rings is 1.